The molecule has 4 aromatic carbocycles. The Kier molecular flexibility index (Phi) is 7.32. The molecule has 0 radical (unpaired) electrons. The van der Waals surface area contributed by atoms with Crippen molar-refractivity contribution in [2.45, 2.75) is 34.6 Å². The lowest BCUT2D eigenvalue weighted by atomic mass is 9.88. The fourth-order valence-electron chi connectivity index (χ4n) is 4.93. The van der Waals surface area contributed by atoms with Crippen molar-refractivity contribution in [1.29, 1.82) is 0 Å². The second-order valence-corrected chi connectivity index (χ2v) is 9.21. The van der Waals surface area contributed by atoms with Gasteiger partial charge in [-0.3, -0.25) is 0 Å². The van der Waals surface area contributed by atoms with Crippen LogP contribution in [0.25, 0.3) is 33.4 Å². The zero-order valence-corrected chi connectivity index (χ0v) is 21.5. The van der Waals surface area contributed by atoms with Crippen LogP contribution in [0.3, 0.4) is 0 Å². The van der Waals surface area contributed by atoms with E-state index in [1.807, 2.05) is 0 Å². The zero-order chi connectivity index (χ0) is 24.9. The third-order valence-corrected chi connectivity index (χ3v) is 6.87. The molecule has 0 aliphatic carbocycles. The molecule has 4 aromatic rings. The van der Waals surface area contributed by atoms with E-state index in [4.69, 9.17) is 0 Å². The molecular formula is C35H34. The Hall–Kier alpha value is -3.90. The van der Waals surface area contributed by atoms with Crippen molar-refractivity contribution in [2.75, 3.05) is 0 Å². The Morgan fingerprint density at radius 3 is 1.54 bits per heavy atom. The van der Waals surface area contributed by atoms with E-state index in [-0.39, 0.29) is 0 Å². The monoisotopic (exact) mass is 454 g/mol. The van der Waals surface area contributed by atoms with Gasteiger partial charge < -0.3 is 0 Å². The molecule has 0 amide bonds. The van der Waals surface area contributed by atoms with Crippen LogP contribution in [-0.4, -0.2) is 0 Å². The van der Waals surface area contributed by atoms with Gasteiger partial charge in [-0.25, -0.2) is 0 Å². The van der Waals surface area contributed by atoms with Crippen molar-refractivity contribution >= 4 is 11.1 Å². The van der Waals surface area contributed by atoms with Gasteiger partial charge >= 0.3 is 0 Å². The Morgan fingerprint density at radius 2 is 1.03 bits per heavy atom. The molecule has 0 aromatic heterocycles. The van der Waals surface area contributed by atoms with Crippen molar-refractivity contribution < 1.29 is 0 Å². The minimum absolute atomic E-state index is 1.02. The molecule has 0 fully saturated rings. The van der Waals surface area contributed by atoms with Crippen LogP contribution in [0.1, 0.15) is 40.3 Å². The first-order valence-corrected chi connectivity index (χ1v) is 12.3. The van der Waals surface area contributed by atoms with Crippen molar-refractivity contribution in [1.82, 2.24) is 0 Å². The number of aryl methyl sites for hydroxylation is 2. The lowest BCUT2D eigenvalue weighted by molar-refractivity contribution is 1.38. The Morgan fingerprint density at radius 1 is 0.571 bits per heavy atom. The maximum Gasteiger partial charge on any atom is -0.0146 e. The van der Waals surface area contributed by atoms with Crippen LogP contribution in [0.5, 0.6) is 0 Å². The highest BCUT2D eigenvalue weighted by atomic mass is 14.2. The first-order chi connectivity index (χ1) is 16.9. The van der Waals surface area contributed by atoms with Gasteiger partial charge in [-0.1, -0.05) is 104 Å². The smallest absolute Gasteiger partial charge is 0.0146 e. The molecular weight excluding hydrogens is 420 g/mol. The predicted octanol–water partition coefficient (Wildman–Crippen LogP) is 9.93. The van der Waals surface area contributed by atoms with E-state index in [1.54, 1.807) is 0 Å². The molecule has 0 aliphatic rings. The summed E-state index contributed by atoms with van der Waals surface area (Å²) in [6, 6.07) is 30.3. The second kappa shape index (κ2) is 10.6. The average Bonchev–Trinajstić information content (AvgIpc) is 2.85. The summed E-state index contributed by atoms with van der Waals surface area (Å²) < 4.78 is 0. The minimum atomic E-state index is 1.02. The van der Waals surface area contributed by atoms with Gasteiger partial charge in [0.15, 0.2) is 0 Å². The third kappa shape index (κ3) is 4.98. The van der Waals surface area contributed by atoms with Crippen LogP contribution in [0, 0.1) is 27.7 Å². The minimum Gasteiger partial charge on any atom is -0.0911 e. The van der Waals surface area contributed by atoms with Crippen molar-refractivity contribution in [2.24, 2.45) is 0 Å². The molecule has 174 valence electrons. The van der Waals surface area contributed by atoms with Gasteiger partial charge in [0.25, 0.3) is 0 Å². The molecule has 0 unspecified atom stereocenters. The molecule has 0 aliphatic heterocycles. The Balaban J connectivity index is 1.80. The van der Waals surface area contributed by atoms with Crippen LogP contribution in [0.4, 0.5) is 0 Å². The molecule has 0 atom stereocenters. The third-order valence-electron chi connectivity index (χ3n) is 6.87. The highest BCUT2D eigenvalue weighted by Gasteiger charge is 2.13. The van der Waals surface area contributed by atoms with E-state index in [9.17, 15) is 0 Å². The van der Waals surface area contributed by atoms with Crippen LogP contribution < -0.4 is 0 Å². The molecule has 0 spiro atoms. The average molecular weight is 455 g/mol. The molecule has 0 saturated heterocycles. The Bertz CT molecular complexity index is 1440. The maximum atomic E-state index is 4.50. The van der Waals surface area contributed by atoms with Crippen molar-refractivity contribution in [3.05, 3.63) is 143 Å². The molecule has 0 saturated carbocycles. The number of rotatable bonds is 6. The van der Waals surface area contributed by atoms with Crippen LogP contribution in [0.15, 0.2) is 110 Å². The predicted molar refractivity (Wildman–Crippen MR) is 155 cm³/mol. The standard InChI is InChI=1S/C35H34/c1-7-14-29(33-20-13-22-35(28(33)6)32-18-11-9-16-25(32)3)23-26(4)30-19-12-21-34(27(30)5)31-17-10-8-15-24(31)2/h7-23H,4H2,1-3,5-6H3/b14-7-,29-23+. The van der Waals surface area contributed by atoms with Gasteiger partial charge in [-0.05, 0) is 107 Å². The van der Waals surface area contributed by atoms with Crippen LogP contribution in [-0.2, 0) is 0 Å². The normalized spacial score (nSPS) is 11.7. The SMILES string of the molecule is C=C(/C=C(\C=C/C)c1cccc(-c2ccccc2C)c1C)c1cccc(-c2ccccc2C)c1C. The van der Waals surface area contributed by atoms with Crippen LogP contribution >= 0.6 is 0 Å². The van der Waals surface area contributed by atoms with Gasteiger partial charge in [0.2, 0.25) is 0 Å². The van der Waals surface area contributed by atoms with Gasteiger partial charge in [0.05, 0.1) is 0 Å². The summed E-state index contributed by atoms with van der Waals surface area (Å²) in [6.07, 6.45) is 6.53. The molecule has 0 bridgehead atoms. The fraction of sp³-hybridized carbons (Fsp3) is 0.143. The second-order valence-electron chi connectivity index (χ2n) is 9.21. The van der Waals surface area contributed by atoms with E-state index < -0.39 is 0 Å². The number of hydrogen-bond acceptors (Lipinski definition) is 0. The molecule has 4 rings (SSSR count). The summed E-state index contributed by atoms with van der Waals surface area (Å²) in [5.74, 6) is 0. The number of hydrogen-bond donors (Lipinski definition) is 0. The van der Waals surface area contributed by atoms with E-state index >= 15 is 0 Å². The van der Waals surface area contributed by atoms with Gasteiger partial charge in [-0.15, -0.1) is 0 Å². The summed E-state index contributed by atoms with van der Waals surface area (Å²) >= 11 is 0. The summed E-state index contributed by atoms with van der Waals surface area (Å²) in [5, 5.41) is 0. The summed E-state index contributed by atoms with van der Waals surface area (Å²) in [4.78, 5) is 0. The lowest BCUT2D eigenvalue weighted by Crippen LogP contribution is -1.95. The van der Waals surface area contributed by atoms with Gasteiger partial charge in [-0.2, -0.15) is 0 Å². The van der Waals surface area contributed by atoms with Gasteiger partial charge in [0, 0.05) is 0 Å². The quantitative estimate of drug-likeness (QED) is 0.254. The molecule has 0 N–H and O–H groups in total. The number of allylic oxidation sites excluding steroid dienone is 5. The first kappa shape index (κ1) is 24.2. The first-order valence-electron chi connectivity index (χ1n) is 12.3. The van der Waals surface area contributed by atoms with Crippen molar-refractivity contribution in [3.63, 3.8) is 0 Å². The van der Waals surface area contributed by atoms with E-state index in [1.165, 1.54) is 61.2 Å². The topological polar surface area (TPSA) is 0 Å². The van der Waals surface area contributed by atoms with Crippen LogP contribution in [0.2, 0.25) is 0 Å². The largest absolute Gasteiger partial charge is 0.0911 e. The summed E-state index contributed by atoms with van der Waals surface area (Å²) in [7, 11) is 0. The highest BCUT2D eigenvalue weighted by Crippen LogP contribution is 2.35. The molecule has 0 heterocycles. The van der Waals surface area contributed by atoms with Crippen molar-refractivity contribution in [3.8, 4) is 22.3 Å². The molecule has 0 heteroatoms. The highest BCUT2D eigenvalue weighted by molar-refractivity contribution is 5.91. The lowest BCUT2D eigenvalue weighted by Gasteiger charge is -2.16. The zero-order valence-electron chi connectivity index (χ0n) is 21.5. The summed E-state index contributed by atoms with van der Waals surface area (Å²) in [6.45, 7) is 15.4. The number of benzene rings is 4. The Labute approximate surface area is 211 Å². The maximum absolute atomic E-state index is 4.50. The fourth-order valence-corrected chi connectivity index (χ4v) is 4.93. The summed E-state index contributed by atoms with van der Waals surface area (Å²) in [5.41, 5.74) is 14.8. The molecule has 35 heavy (non-hydrogen) atoms. The van der Waals surface area contributed by atoms with Gasteiger partial charge in [0.1, 0.15) is 0 Å². The van der Waals surface area contributed by atoms with E-state index in [2.05, 4.69) is 144 Å². The van der Waals surface area contributed by atoms with E-state index in [0.717, 1.165) is 5.57 Å². The molecule has 0 nitrogen and oxygen atoms in total. The van der Waals surface area contributed by atoms with E-state index in [0.29, 0.717) is 0 Å².